The Morgan fingerprint density at radius 1 is 1.27 bits per heavy atom. The molecule has 1 aromatic rings. The number of hydrogen-bond acceptors (Lipinski definition) is 2. The van der Waals surface area contributed by atoms with Gasteiger partial charge >= 0.3 is 5.97 Å². The maximum Gasteiger partial charge on any atom is 0.309 e. The normalized spacial score (nSPS) is 9.47. The van der Waals surface area contributed by atoms with Crippen LogP contribution in [0.4, 0.5) is 0 Å². The highest BCUT2D eigenvalue weighted by Gasteiger charge is 2.00. The molecule has 2 nitrogen and oxygen atoms in total. The first kappa shape index (κ1) is 11.5. The average molecular weight is 204 g/mol. The van der Waals surface area contributed by atoms with Gasteiger partial charge in [-0.2, -0.15) is 0 Å². The van der Waals surface area contributed by atoms with Gasteiger partial charge in [-0.25, -0.2) is 0 Å². The largest absolute Gasteiger partial charge is 0.461 e. The van der Waals surface area contributed by atoms with Crippen LogP contribution in [0.5, 0.6) is 0 Å². The summed E-state index contributed by atoms with van der Waals surface area (Å²) in [6, 6.07) is 9.68. The molecular weight excluding hydrogens is 188 g/mol. The molecule has 0 saturated heterocycles. The molecule has 0 heterocycles. The molecule has 0 aliphatic rings. The molecule has 0 aliphatic heterocycles. The van der Waals surface area contributed by atoms with Crippen LogP contribution in [-0.2, 0) is 16.1 Å². The fraction of sp³-hybridized carbons (Fsp3) is 0.308. The Balaban J connectivity index is 2.32. The molecule has 0 spiro atoms. The minimum absolute atomic E-state index is 0.181. The van der Waals surface area contributed by atoms with E-state index in [-0.39, 0.29) is 5.97 Å². The van der Waals surface area contributed by atoms with Gasteiger partial charge in [0.05, 0.1) is 6.42 Å². The van der Waals surface area contributed by atoms with Crippen molar-refractivity contribution in [1.82, 2.24) is 0 Å². The van der Waals surface area contributed by atoms with Crippen molar-refractivity contribution in [3.8, 4) is 0 Å². The lowest BCUT2D eigenvalue weighted by Gasteiger charge is -2.02. The summed E-state index contributed by atoms with van der Waals surface area (Å²) in [6.45, 7) is 4.28. The zero-order valence-electron chi connectivity index (χ0n) is 9.19. The van der Waals surface area contributed by atoms with E-state index in [4.69, 9.17) is 4.74 Å². The Morgan fingerprint density at radius 2 is 1.93 bits per heavy atom. The first-order valence-corrected chi connectivity index (χ1v) is 5.01. The predicted octanol–water partition coefficient (Wildman–Crippen LogP) is 3.09. The lowest BCUT2D eigenvalue weighted by Crippen LogP contribution is -2.02. The average Bonchev–Trinajstić information content (AvgIpc) is 2.25. The minimum Gasteiger partial charge on any atom is -0.461 e. The van der Waals surface area contributed by atoms with Crippen molar-refractivity contribution in [2.24, 2.45) is 0 Å². The van der Waals surface area contributed by atoms with Crippen molar-refractivity contribution in [2.45, 2.75) is 26.9 Å². The van der Waals surface area contributed by atoms with Gasteiger partial charge in [-0.15, -0.1) is 0 Å². The van der Waals surface area contributed by atoms with Crippen molar-refractivity contribution in [3.05, 3.63) is 47.5 Å². The lowest BCUT2D eigenvalue weighted by atomic mass is 10.2. The summed E-state index contributed by atoms with van der Waals surface area (Å²) in [4.78, 5) is 11.3. The Labute approximate surface area is 90.6 Å². The highest BCUT2D eigenvalue weighted by Crippen LogP contribution is 2.02. The van der Waals surface area contributed by atoms with Crippen molar-refractivity contribution >= 4 is 5.97 Å². The van der Waals surface area contributed by atoms with E-state index < -0.39 is 0 Å². The maximum absolute atomic E-state index is 11.3. The molecule has 0 bridgehead atoms. The van der Waals surface area contributed by atoms with Crippen molar-refractivity contribution in [3.63, 3.8) is 0 Å². The lowest BCUT2D eigenvalue weighted by molar-refractivity contribution is -0.143. The third kappa shape index (κ3) is 5.01. The fourth-order valence-corrected chi connectivity index (χ4v) is 1.08. The highest BCUT2D eigenvalue weighted by molar-refractivity contribution is 5.71. The van der Waals surface area contributed by atoms with Gasteiger partial charge in [0.25, 0.3) is 0 Å². The molecule has 80 valence electrons. The number of allylic oxidation sites excluding steroid dienone is 1. The predicted molar refractivity (Wildman–Crippen MR) is 60.3 cm³/mol. The molecule has 0 amide bonds. The van der Waals surface area contributed by atoms with Crippen LogP contribution >= 0.6 is 0 Å². The molecule has 15 heavy (non-hydrogen) atoms. The summed E-state index contributed by atoms with van der Waals surface area (Å²) in [6.07, 6.45) is 2.22. The smallest absolute Gasteiger partial charge is 0.309 e. The summed E-state index contributed by atoms with van der Waals surface area (Å²) < 4.78 is 5.09. The van der Waals surface area contributed by atoms with E-state index in [1.807, 2.05) is 50.3 Å². The third-order valence-electron chi connectivity index (χ3n) is 1.92. The molecule has 0 fully saturated rings. The Bertz CT molecular complexity index is 335. The fourth-order valence-electron chi connectivity index (χ4n) is 1.08. The molecule has 0 atom stereocenters. The Kier molecular flexibility index (Phi) is 4.61. The van der Waals surface area contributed by atoms with Crippen molar-refractivity contribution in [2.75, 3.05) is 0 Å². The molecule has 0 radical (unpaired) electrons. The van der Waals surface area contributed by atoms with Gasteiger partial charge in [-0.3, -0.25) is 4.79 Å². The first-order valence-electron chi connectivity index (χ1n) is 5.01. The molecule has 0 aromatic heterocycles. The van der Waals surface area contributed by atoms with Crippen LogP contribution in [0.1, 0.15) is 25.8 Å². The number of carbonyl (C=O) groups excluding carboxylic acids is 1. The van der Waals surface area contributed by atoms with Gasteiger partial charge in [0.2, 0.25) is 0 Å². The van der Waals surface area contributed by atoms with Crippen molar-refractivity contribution in [1.29, 1.82) is 0 Å². The Hall–Kier alpha value is -1.57. The highest BCUT2D eigenvalue weighted by atomic mass is 16.5. The molecule has 1 rings (SSSR count). The summed E-state index contributed by atoms with van der Waals surface area (Å²) in [5, 5.41) is 0. The van der Waals surface area contributed by atoms with Crippen LogP contribution in [0.2, 0.25) is 0 Å². The van der Waals surface area contributed by atoms with E-state index in [1.54, 1.807) is 0 Å². The number of hydrogen-bond donors (Lipinski definition) is 0. The van der Waals surface area contributed by atoms with Crippen molar-refractivity contribution < 1.29 is 9.53 Å². The number of carbonyl (C=O) groups is 1. The quantitative estimate of drug-likeness (QED) is 0.556. The van der Waals surface area contributed by atoms with Gasteiger partial charge in [0.1, 0.15) is 6.61 Å². The first-order chi connectivity index (χ1) is 7.18. The van der Waals surface area contributed by atoms with Gasteiger partial charge < -0.3 is 4.74 Å². The van der Waals surface area contributed by atoms with Crippen LogP contribution in [0.3, 0.4) is 0 Å². The van der Waals surface area contributed by atoms with Crippen LogP contribution in [0.25, 0.3) is 0 Å². The number of ether oxygens (including phenoxy) is 1. The molecule has 0 unspecified atom stereocenters. The van der Waals surface area contributed by atoms with E-state index in [0.717, 1.165) is 11.1 Å². The molecule has 0 aliphatic carbocycles. The standard InChI is InChI=1S/C13H16O2/c1-11(2)8-9-13(14)15-10-12-6-4-3-5-7-12/h3-8H,9-10H2,1-2H3. The maximum atomic E-state index is 11.3. The topological polar surface area (TPSA) is 26.3 Å². The van der Waals surface area contributed by atoms with Gasteiger partial charge in [0, 0.05) is 0 Å². The number of benzene rings is 1. The molecular formula is C13H16O2. The number of esters is 1. The zero-order valence-corrected chi connectivity index (χ0v) is 9.19. The van der Waals surface area contributed by atoms with E-state index >= 15 is 0 Å². The SMILES string of the molecule is CC(C)=CCC(=O)OCc1ccccc1. The van der Waals surface area contributed by atoms with Crippen LogP contribution in [0, 0.1) is 0 Å². The van der Waals surface area contributed by atoms with E-state index in [9.17, 15) is 4.79 Å². The second kappa shape index (κ2) is 6.02. The second-order valence-electron chi connectivity index (χ2n) is 3.63. The van der Waals surface area contributed by atoms with Crippen LogP contribution in [-0.4, -0.2) is 5.97 Å². The molecule has 0 N–H and O–H groups in total. The summed E-state index contributed by atoms with van der Waals surface area (Å²) >= 11 is 0. The van der Waals surface area contributed by atoms with Gasteiger partial charge in [-0.1, -0.05) is 42.0 Å². The summed E-state index contributed by atoms with van der Waals surface area (Å²) in [5.74, 6) is -0.181. The zero-order chi connectivity index (χ0) is 11.1. The van der Waals surface area contributed by atoms with Gasteiger partial charge in [0.15, 0.2) is 0 Å². The van der Waals surface area contributed by atoms with E-state index in [2.05, 4.69) is 0 Å². The second-order valence-corrected chi connectivity index (χ2v) is 3.63. The van der Waals surface area contributed by atoms with E-state index in [0.29, 0.717) is 13.0 Å². The molecule has 1 aromatic carbocycles. The third-order valence-corrected chi connectivity index (χ3v) is 1.92. The van der Waals surface area contributed by atoms with Gasteiger partial charge in [-0.05, 0) is 19.4 Å². The minimum atomic E-state index is -0.181. The molecule has 0 saturated carbocycles. The van der Waals surface area contributed by atoms with E-state index in [1.165, 1.54) is 0 Å². The number of rotatable bonds is 4. The van der Waals surface area contributed by atoms with Crippen LogP contribution in [0.15, 0.2) is 42.0 Å². The van der Waals surface area contributed by atoms with Crippen LogP contribution < -0.4 is 0 Å². The molecule has 2 heteroatoms. The monoisotopic (exact) mass is 204 g/mol. The summed E-state index contributed by atoms with van der Waals surface area (Å²) in [5.41, 5.74) is 2.15. The summed E-state index contributed by atoms with van der Waals surface area (Å²) in [7, 11) is 0. The Morgan fingerprint density at radius 3 is 2.53 bits per heavy atom.